The zero-order valence-electron chi connectivity index (χ0n) is 18.9. The molecule has 31 heavy (non-hydrogen) atoms. The van der Waals surface area contributed by atoms with Gasteiger partial charge in [-0.2, -0.15) is 0 Å². The Labute approximate surface area is 185 Å². The molecule has 1 fully saturated rings. The lowest BCUT2D eigenvalue weighted by Gasteiger charge is -2.21. The van der Waals surface area contributed by atoms with Gasteiger partial charge in [0.15, 0.2) is 6.10 Å². The summed E-state index contributed by atoms with van der Waals surface area (Å²) in [7, 11) is 0. The highest BCUT2D eigenvalue weighted by atomic mass is 16.5. The Balaban J connectivity index is 1.60. The Morgan fingerprint density at radius 2 is 1.61 bits per heavy atom. The van der Waals surface area contributed by atoms with Crippen LogP contribution in [-0.4, -0.2) is 35.9 Å². The van der Waals surface area contributed by atoms with Crippen molar-refractivity contribution in [1.82, 2.24) is 4.90 Å². The molecule has 0 spiro atoms. The van der Waals surface area contributed by atoms with E-state index < -0.39 is 6.10 Å². The summed E-state index contributed by atoms with van der Waals surface area (Å²) in [5.41, 5.74) is 2.43. The van der Waals surface area contributed by atoms with Gasteiger partial charge in [0.25, 0.3) is 11.8 Å². The minimum Gasteiger partial charge on any atom is -0.481 e. The Hall–Kier alpha value is -2.82. The molecular weight excluding hydrogens is 388 g/mol. The number of hydrogen-bond donors (Lipinski definition) is 1. The molecule has 2 amide bonds. The number of carbonyl (C=O) groups is 2. The van der Waals surface area contributed by atoms with Crippen LogP contribution in [0.1, 0.15) is 74.7 Å². The van der Waals surface area contributed by atoms with E-state index in [1.165, 1.54) is 12.8 Å². The summed E-state index contributed by atoms with van der Waals surface area (Å²) in [5, 5.41) is 2.89. The minimum absolute atomic E-state index is 0.0677. The molecule has 0 radical (unpaired) electrons. The first-order valence-corrected chi connectivity index (χ1v) is 11.5. The molecule has 1 N–H and O–H groups in total. The summed E-state index contributed by atoms with van der Waals surface area (Å²) in [5.74, 6) is 0.960. The van der Waals surface area contributed by atoms with E-state index in [-0.39, 0.29) is 11.8 Å². The Morgan fingerprint density at radius 3 is 2.26 bits per heavy atom. The zero-order chi connectivity index (χ0) is 22.2. The third-order valence-electron chi connectivity index (χ3n) is 6.03. The van der Waals surface area contributed by atoms with Crippen molar-refractivity contribution in [3.8, 4) is 5.75 Å². The van der Waals surface area contributed by atoms with Crippen LogP contribution in [0.3, 0.4) is 0 Å². The Bertz CT molecular complexity index is 870. The average Bonchev–Trinajstić information content (AvgIpc) is 3.08. The number of hydrogen-bond acceptors (Lipinski definition) is 3. The number of para-hydroxylation sites is 1. The van der Waals surface area contributed by atoms with Gasteiger partial charge in [-0.3, -0.25) is 9.59 Å². The van der Waals surface area contributed by atoms with Crippen molar-refractivity contribution in [3.05, 3.63) is 59.7 Å². The van der Waals surface area contributed by atoms with E-state index in [2.05, 4.69) is 19.2 Å². The molecule has 0 aromatic heterocycles. The average molecular weight is 423 g/mol. The van der Waals surface area contributed by atoms with Crippen molar-refractivity contribution < 1.29 is 14.3 Å². The number of amides is 2. The van der Waals surface area contributed by atoms with Crippen LogP contribution in [0.2, 0.25) is 0 Å². The number of carbonyl (C=O) groups excluding carboxylic acids is 2. The van der Waals surface area contributed by atoms with E-state index in [1.54, 1.807) is 31.2 Å². The predicted molar refractivity (Wildman–Crippen MR) is 125 cm³/mol. The molecule has 5 heteroatoms. The number of nitrogens with zero attached hydrogens (tertiary/aromatic N) is 1. The highest BCUT2D eigenvalue weighted by Crippen LogP contribution is 2.29. The molecule has 0 bridgehead atoms. The molecule has 1 aliphatic rings. The SMILES string of the molecule is CCC(C)c1ccccc1OC(C)C(=O)Nc1ccc(C(=O)N2CCCCCC2)cc1. The van der Waals surface area contributed by atoms with E-state index in [4.69, 9.17) is 4.74 Å². The van der Waals surface area contributed by atoms with Gasteiger partial charge in [-0.25, -0.2) is 0 Å². The minimum atomic E-state index is -0.636. The van der Waals surface area contributed by atoms with Gasteiger partial charge in [-0.1, -0.05) is 44.9 Å². The largest absolute Gasteiger partial charge is 0.481 e. The molecule has 2 aromatic carbocycles. The molecule has 166 valence electrons. The summed E-state index contributed by atoms with van der Waals surface area (Å²) in [6.07, 6.45) is 4.89. The summed E-state index contributed by atoms with van der Waals surface area (Å²) >= 11 is 0. The monoisotopic (exact) mass is 422 g/mol. The molecule has 2 unspecified atom stereocenters. The molecule has 0 saturated carbocycles. The number of likely N-dealkylation sites (tertiary alicyclic amines) is 1. The van der Waals surface area contributed by atoms with Crippen molar-refractivity contribution in [3.63, 3.8) is 0 Å². The van der Waals surface area contributed by atoms with Gasteiger partial charge in [0.05, 0.1) is 0 Å². The molecule has 5 nitrogen and oxygen atoms in total. The van der Waals surface area contributed by atoms with Gasteiger partial charge in [-0.05, 0) is 68.0 Å². The van der Waals surface area contributed by atoms with Gasteiger partial charge in [-0.15, -0.1) is 0 Å². The fraction of sp³-hybridized carbons (Fsp3) is 0.462. The maximum absolute atomic E-state index is 12.7. The van der Waals surface area contributed by atoms with Crippen LogP contribution in [-0.2, 0) is 4.79 Å². The third kappa shape index (κ3) is 6.09. The molecule has 0 aliphatic carbocycles. The summed E-state index contributed by atoms with van der Waals surface area (Å²) < 4.78 is 5.98. The Kier molecular flexibility index (Phi) is 8.10. The predicted octanol–water partition coefficient (Wildman–Crippen LogP) is 5.62. The molecule has 3 rings (SSSR count). The summed E-state index contributed by atoms with van der Waals surface area (Å²) in [6, 6.07) is 15.0. The first kappa shape index (κ1) is 22.9. The van der Waals surface area contributed by atoms with Crippen molar-refractivity contribution in [2.45, 2.75) is 64.9 Å². The van der Waals surface area contributed by atoms with E-state index in [0.29, 0.717) is 17.2 Å². The maximum atomic E-state index is 12.7. The normalized spacial score (nSPS) is 16.2. The second kappa shape index (κ2) is 11.0. The van der Waals surface area contributed by atoms with Crippen LogP contribution in [0, 0.1) is 0 Å². The van der Waals surface area contributed by atoms with Crippen molar-refractivity contribution >= 4 is 17.5 Å². The quantitative estimate of drug-likeness (QED) is 0.630. The van der Waals surface area contributed by atoms with Crippen molar-refractivity contribution in [1.29, 1.82) is 0 Å². The highest BCUT2D eigenvalue weighted by molar-refractivity contribution is 5.96. The van der Waals surface area contributed by atoms with Crippen LogP contribution < -0.4 is 10.1 Å². The molecule has 2 aromatic rings. The fourth-order valence-electron chi connectivity index (χ4n) is 3.86. The number of ether oxygens (including phenoxy) is 1. The maximum Gasteiger partial charge on any atom is 0.265 e. The summed E-state index contributed by atoms with van der Waals surface area (Å²) in [6.45, 7) is 7.69. The van der Waals surface area contributed by atoms with Crippen LogP contribution in [0.25, 0.3) is 0 Å². The van der Waals surface area contributed by atoms with Crippen LogP contribution in [0.4, 0.5) is 5.69 Å². The zero-order valence-corrected chi connectivity index (χ0v) is 18.9. The smallest absolute Gasteiger partial charge is 0.265 e. The lowest BCUT2D eigenvalue weighted by atomic mass is 9.98. The number of anilines is 1. The van der Waals surface area contributed by atoms with E-state index in [1.807, 2.05) is 29.2 Å². The lowest BCUT2D eigenvalue weighted by molar-refractivity contribution is -0.122. The second-order valence-corrected chi connectivity index (χ2v) is 8.38. The first-order chi connectivity index (χ1) is 15.0. The molecule has 2 atom stereocenters. The number of rotatable bonds is 7. The first-order valence-electron chi connectivity index (χ1n) is 11.5. The number of nitrogens with one attached hydrogen (secondary N) is 1. The van der Waals surface area contributed by atoms with Gasteiger partial charge in [0, 0.05) is 24.3 Å². The second-order valence-electron chi connectivity index (χ2n) is 8.38. The standard InChI is InChI=1S/C26H34N2O3/c1-4-19(2)23-11-7-8-12-24(23)31-20(3)25(29)27-22-15-13-21(14-16-22)26(30)28-17-9-5-6-10-18-28/h7-8,11-16,19-20H,4-6,9-10,17-18H2,1-3H3,(H,27,29). The van der Waals surface area contributed by atoms with Crippen molar-refractivity contribution in [2.24, 2.45) is 0 Å². The molecule has 1 aliphatic heterocycles. The van der Waals surface area contributed by atoms with Crippen molar-refractivity contribution in [2.75, 3.05) is 18.4 Å². The van der Waals surface area contributed by atoms with E-state index in [9.17, 15) is 9.59 Å². The lowest BCUT2D eigenvalue weighted by Crippen LogP contribution is -2.32. The summed E-state index contributed by atoms with van der Waals surface area (Å²) in [4.78, 5) is 27.3. The van der Waals surface area contributed by atoms with E-state index >= 15 is 0 Å². The van der Waals surface area contributed by atoms with Gasteiger partial charge in [0.1, 0.15) is 5.75 Å². The van der Waals surface area contributed by atoms with Crippen LogP contribution in [0.5, 0.6) is 5.75 Å². The van der Waals surface area contributed by atoms with Crippen LogP contribution in [0.15, 0.2) is 48.5 Å². The highest BCUT2D eigenvalue weighted by Gasteiger charge is 2.19. The van der Waals surface area contributed by atoms with Crippen LogP contribution >= 0.6 is 0 Å². The fourth-order valence-corrected chi connectivity index (χ4v) is 3.86. The molecular formula is C26H34N2O3. The van der Waals surface area contributed by atoms with E-state index in [0.717, 1.165) is 43.7 Å². The van der Waals surface area contributed by atoms with Gasteiger partial charge in [0.2, 0.25) is 0 Å². The third-order valence-corrected chi connectivity index (χ3v) is 6.03. The van der Waals surface area contributed by atoms with Gasteiger partial charge >= 0.3 is 0 Å². The molecule has 1 heterocycles. The Morgan fingerprint density at radius 1 is 0.968 bits per heavy atom. The topological polar surface area (TPSA) is 58.6 Å². The molecule has 1 saturated heterocycles. The number of benzene rings is 2. The van der Waals surface area contributed by atoms with Gasteiger partial charge < -0.3 is 15.0 Å².